The first kappa shape index (κ1) is 12.2. The fourth-order valence-electron chi connectivity index (χ4n) is 3.09. The van der Waals surface area contributed by atoms with Crippen LogP contribution in [-0.2, 0) is 13.6 Å². The number of anilines is 1. The molecule has 2 heterocycles. The number of hydrogen-bond donors (Lipinski definition) is 0. The van der Waals surface area contributed by atoms with Crippen molar-refractivity contribution in [2.45, 2.75) is 13.5 Å². The molecule has 0 fully saturated rings. The van der Waals surface area contributed by atoms with Crippen molar-refractivity contribution >= 4 is 22.5 Å². The number of fused-ring (bicyclic) bond motifs is 2. The third-order valence-corrected chi connectivity index (χ3v) is 4.25. The Kier molecular flexibility index (Phi) is 2.45. The molecule has 3 heteroatoms. The van der Waals surface area contributed by atoms with E-state index in [9.17, 15) is 4.79 Å². The second-order valence-electron chi connectivity index (χ2n) is 5.72. The number of amides is 1. The summed E-state index contributed by atoms with van der Waals surface area (Å²) in [5.74, 6) is 0.0975. The molecule has 21 heavy (non-hydrogen) atoms. The Morgan fingerprint density at radius 1 is 1.05 bits per heavy atom. The molecule has 104 valence electrons. The fraction of sp³-hybridized carbons (Fsp3) is 0.167. The lowest BCUT2D eigenvalue weighted by molar-refractivity contribution is 0.0996. The first-order valence-corrected chi connectivity index (χ1v) is 7.10. The highest BCUT2D eigenvalue weighted by atomic mass is 16.2. The van der Waals surface area contributed by atoms with Crippen molar-refractivity contribution in [2.75, 3.05) is 4.90 Å². The number of benzene rings is 2. The van der Waals surface area contributed by atoms with E-state index >= 15 is 0 Å². The monoisotopic (exact) mass is 276 g/mol. The average Bonchev–Trinajstić information content (AvgIpc) is 3.00. The standard InChI is InChI=1S/C18H16N2O/c1-12-3-5-16-14(9-12)11-20(18(16)21)15-4-6-17-13(10-15)7-8-19(17)2/h3-10H,11H2,1-2H3. The Labute approximate surface area is 123 Å². The summed E-state index contributed by atoms with van der Waals surface area (Å²) in [5, 5.41) is 1.16. The molecule has 0 unspecified atom stereocenters. The van der Waals surface area contributed by atoms with Crippen LogP contribution in [0.5, 0.6) is 0 Å². The summed E-state index contributed by atoms with van der Waals surface area (Å²) >= 11 is 0. The number of carbonyl (C=O) groups is 1. The summed E-state index contributed by atoms with van der Waals surface area (Å²) in [6.45, 7) is 2.72. The minimum absolute atomic E-state index is 0.0975. The minimum atomic E-state index is 0.0975. The van der Waals surface area contributed by atoms with E-state index in [1.54, 1.807) is 0 Å². The molecule has 0 radical (unpaired) electrons. The Morgan fingerprint density at radius 2 is 1.90 bits per heavy atom. The van der Waals surface area contributed by atoms with Crippen LogP contribution < -0.4 is 4.90 Å². The van der Waals surface area contributed by atoms with Crippen molar-refractivity contribution < 1.29 is 4.79 Å². The smallest absolute Gasteiger partial charge is 0.258 e. The van der Waals surface area contributed by atoms with E-state index in [0.29, 0.717) is 6.54 Å². The SMILES string of the molecule is Cc1ccc2c(c1)CN(c1ccc3c(ccn3C)c1)C2=O. The van der Waals surface area contributed by atoms with Gasteiger partial charge in [-0.2, -0.15) is 0 Å². The van der Waals surface area contributed by atoms with Gasteiger partial charge in [-0.25, -0.2) is 0 Å². The van der Waals surface area contributed by atoms with Crippen molar-refractivity contribution in [2.24, 2.45) is 7.05 Å². The Bertz CT molecular complexity index is 876. The van der Waals surface area contributed by atoms with Crippen LogP contribution in [0.15, 0.2) is 48.7 Å². The molecule has 1 aliphatic rings. The van der Waals surface area contributed by atoms with Gasteiger partial charge in [-0.05, 0) is 42.8 Å². The van der Waals surface area contributed by atoms with Gasteiger partial charge >= 0.3 is 0 Å². The number of aromatic nitrogens is 1. The lowest BCUT2D eigenvalue weighted by atomic mass is 10.1. The zero-order chi connectivity index (χ0) is 14.6. The first-order chi connectivity index (χ1) is 10.1. The molecular formula is C18H16N2O. The highest BCUT2D eigenvalue weighted by Crippen LogP contribution is 2.31. The summed E-state index contributed by atoms with van der Waals surface area (Å²) in [4.78, 5) is 14.4. The molecule has 0 spiro atoms. The van der Waals surface area contributed by atoms with Crippen LogP contribution in [0.3, 0.4) is 0 Å². The number of carbonyl (C=O) groups excluding carboxylic acids is 1. The quantitative estimate of drug-likeness (QED) is 0.666. The molecule has 1 amide bonds. The van der Waals surface area contributed by atoms with Gasteiger partial charge in [0.15, 0.2) is 0 Å². The Morgan fingerprint density at radius 3 is 2.76 bits per heavy atom. The van der Waals surface area contributed by atoms with Crippen molar-refractivity contribution in [1.29, 1.82) is 0 Å². The molecule has 0 aliphatic carbocycles. The van der Waals surface area contributed by atoms with E-state index in [1.807, 2.05) is 36.3 Å². The van der Waals surface area contributed by atoms with Gasteiger partial charge in [0.25, 0.3) is 5.91 Å². The van der Waals surface area contributed by atoms with Gasteiger partial charge in [0.2, 0.25) is 0 Å². The summed E-state index contributed by atoms with van der Waals surface area (Å²) in [6.07, 6.45) is 2.04. The van der Waals surface area contributed by atoms with Crippen LogP contribution in [0.25, 0.3) is 10.9 Å². The van der Waals surface area contributed by atoms with Crippen LogP contribution in [0.2, 0.25) is 0 Å². The molecule has 1 aromatic heterocycles. The maximum absolute atomic E-state index is 12.6. The molecule has 3 nitrogen and oxygen atoms in total. The average molecular weight is 276 g/mol. The van der Waals surface area contributed by atoms with E-state index in [1.165, 1.54) is 11.1 Å². The Hall–Kier alpha value is -2.55. The molecule has 3 aromatic rings. The van der Waals surface area contributed by atoms with E-state index in [0.717, 1.165) is 22.2 Å². The normalized spacial score (nSPS) is 14.0. The molecule has 0 saturated heterocycles. The topological polar surface area (TPSA) is 25.2 Å². The molecule has 0 bridgehead atoms. The van der Waals surface area contributed by atoms with Crippen LogP contribution in [-0.4, -0.2) is 10.5 Å². The maximum atomic E-state index is 12.6. The van der Waals surface area contributed by atoms with Crippen LogP contribution >= 0.6 is 0 Å². The molecule has 0 saturated carbocycles. The van der Waals surface area contributed by atoms with E-state index in [4.69, 9.17) is 0 Å². The molecule has 1 aliphatic heterocycles. The van der Waals surface area contributed by atoms with Crippen LogP contribution in [0.1, 0.15) is 21.5 Å². The minimum Gasteiger partial charge on any atom is -0.351 e. The van der Waals surface area contributed by atoms with Gasteiger partial charge in [0.1, 0.15) is 0 Å². The zero-order valence-corrected chi connectivity index (χ0v) is 12.1. The second kappa shape index (κ2) is 4.22. The summed E-state index contributed by atoms with van der Waals surface area (Å²) in [6, 6.07) is 14.3. The molecular weight excluding hydrogens is 260 g/mol. The van der Waals surface area contributed by atoms with Gasteiger partial charge in [-0.1, -0.05) is 17.7 Å². The number of hydrogen-bond acceptors (Lipinski definition) is 1. The fourth-order valence-corrected chi connectivity index (χ4v) is 3.09. The third kappa shape index (κ3) is 1.77. The van der Waals surface area contributed by atoms with Gasteiger partial charge in [0.05, 0.1) is 6.54 Å². The Balaban J connectivity index is 1.78. The van der Waals surface area contributed by atoms with Gasteiger partial charge in [-0.3, -0.25) is 4.79 Å². The summed E-state index contributed by atoms with van der Waals surface area (Å²) < 4.78 is 2.09. The molecule has 0 N–H and O–H groups in total. The van der Waals surface area contributed by atoms with Crippen LogP contribution in [0, 0.1) is 6.92 Å². The molecule has 0 atom stereocenters. The van der Waals surface area contributed by atoms with Crippen molar-refractivity contribution in [3.63, 3.8) is 0 Å². The summed E-state index contributed by atoms with van der Waals surface area (Å²) in [7, 11) is 2.03. The lowest BCUT2D eigenvalue weighted by Crippen LogP contribution is -2.22. The van der Waals surface area contributed by atoms with E-state index in [-0.39, 0.29) is 5.91 Å². The summed E-state index contributed by atoms with van der Waals surface area (Å²) in [5.41, 5.74) is 5.29. The predicted octanol–water partition coefficient (Wildman–Crippen LogP) is 3.65. The largest absolute Gasteiger partial charge is 0.351 e. The number of rotatable bonds is 1. The van der Waals surface area contributed by atoms with Gasteiger partial charge in [0, 0.05) is 35.4 Å². The van der Waals surface area contributed by atoms with Gasteiger partial charge in [-0.15, -0.1) is 0 Å². The van der Waals surface area contributed by atoms with Gasteiger partial charge < -0.3 is 9.47 Å². The lowest BCUT2D eigenvalue weighted by Gasteiger charge is -2.16. The molecule has 2 aromatic carbocycles. The second-order valence-corrected chi connectivity index (χ2v) is 5.72. The maximum Gasteiger partial charge on any atom is 0.258 e. The number of aryl methyl sites for hydroxylation is 2. The van der Waals surface area contributed by atoms with E-state index < -0.39 is 0 Å². The number of nitrogens with zero attached hydrogens (tertiary/aromatic N) is 2. The third-order valence-electron chi connectivity index (χ3n) is 4.25. The first-order valence-electron chi connectivity index (χ1n) is 7.10. The molecule has 4 rings (SSSR count). The van der Waals surface area contributed by atoms with E-state index in [2.05, 4.69) is 35.8 Å². The van der Waals surface area contributed by atoms with Crippen molar-refractivity contribution in [3.8, 4) is 0 Å². The zero-order valence-electron chi connectivity index (χ0n) is 12.1. The van der Waals surface area contributed by atoms with Crippen LogP contribution in [0.4, 0.5) is 5.69 Å². The van der Waals surface area contributed by atoms with Crippen molar-refractivity contribution in [1.82, 2.24) is 4.57 Å². The predicted molar refractivity (Wildman–Crippen MR) is 84.6 cm³/mol. The van der Waals surface area contributed by atoms with Crippen molar-refractivity contribution in [3.05, 3.63) is 65.4 Å². The highest BCUT2D eigenvalue weighted by Gasteiger charge is 2.28. The highest BCUT2D eigenvalue weighted by molar-refractivity contribution is 6.10.